The summed E-state index contributed by atoms with van der Waals surface area (Å²) in [5.74, 6) is 0. The van der Waals surface area contributed by atoms with Crippen molar-refractivity contribution in [2.75, 3.05) is 26.3 Å². The van der Waals surface area contributed by atoms with E-state index in [0.717, 1.165) is 18.7 Å². The zero-order valence-electron chi connectivity index (χ0n) is 30.8. The number of rotatable bonds is 11. The first-order chi connectivity index (χ1) is 24.0. The number of hydrogen-bond acceptors (Lipinski definition) is 8. The van der Waals surface area contributed by atoms with E-state index < -0.39 is 41.0 Å². The predicted molar refractivity (Wildman–Crippen MR) is 201 cm³/mol. The van der Waals surface area contributed by atoms with Gasteiger partial charge in [-0.1, -0.05) is 0 Å². The molecule has 0 spiro atoms. The molecule has 4 heterocycles. The molecule has 6 atom stereocenters. The van der Waals surface area contributed by atoms with Crippen molar-refractivity contribution in [1.29, 1.82) is 0 Å². The Labute approximate surface area is 307 Å². The number of benzene rings is 2. The fourth-order valence-electron chi connectivity index (χ4n) is 8.21. The normalized spacial score (nSPS) is 30.9. The molecule has 0 amide bonds. The van der Waals surface area contributed by atoms with Crippen molar-refractivity contribution in [3.8, 4) is 0 Å². The molecule has 12 heteroatoms. The molecule has 50 heavy (non-hydrogen) atoms. The molecular formula is C38H55N3O6SeSi2. The number of hydroxylamine groups is 1. The molecule has 2 aromatic carbocycles. The van der Waals surface area contributed by atoms with E-state index in [1.54, 1.807) is 0 Å². The van der Waals surface area contributed by atoms with Gasteiger partial charge in [0.1, 0.15) is 0 Å². The Morgan fingerprint density at radius 1 is 0.880 bits per heavy atom. The molecular weight excluding hydrogens is 730 g/mol. The second-order valence-corrected chi connectivity index (χ2v) is 26.5. The van der Waals surface area contributed by atoms with Crippen molar-refractivity contribution in [2.24, 2.45) is 0 Å². The van der Waals surface area contributed by atoms with E-state index in [2.05, 4.69) is 113 Å². The van der Waals surface area contributed by atoms with Crippen molar-refractivity contribution in [3.05, 3.63) is 89.4 Å². The van der Waals surface area contributed by atoms with Crippen LogP contribution in [0.1, 0.15) is 61.0 Å². The van der Waals surface area contributed by atoms with E-state index in [1.807, 2.05) is 24.3 Å². The molecule has 1 aliphatic carbocycles. The molecule has 1 N–H and O–H groups in total. The Balaban J connectivity index is 1.60. The molecule has 2 bridgehead atoms. The van der Waals surface area contributed by atoms with Crippen molar-refractivity contribution >= 4 is 36.5 Å². The van der Waals surface area contributed by atoms with Gasteiger partial charge in [-0.2, -0.15) is 0 Å². The van der Waals surface area contributed by atoms with Crippen LogP contribution in [0.25, 0.3) is 4.85 Å². The minimum atomic E-state index is -3.06. The van der Waals surface area contributed by atoms with Crippen LogP contribution in [0.2, 0.25) is 27.0 Å². The van der Waals surface area contributed by atoms with E-state index in [0.29, 0.717) is 25.5 Å². The number of hydrogen-bond donors (Lipinski definition) is 1. The van der Waals surface area contributed by atoms with E-state index in [1.165, 1.54) is 4.46 Å². The second kappa shape index (κ2) is 15.7. The van der Waals surface area contributed by atoms with Crippen molar-refractivity contribution in [2.45, 2.75) is 119 Å². The van der Waals surface area contributed by atoms with E-state index >= 15 is 0 Å². The first-order valence-corrected chi connectivity index (χ1v) is 24.0. The third-order valence-electron chi connectivity index (χ3n) is 10.8. The SMILES string of the molecule is [C-]#[N+]C1=CC2O[C@@H](N3CCOCC3)C([Se]c3ccccc3)C1(NOCc1ccccc1)C1O[Si](C(C)C)(C(C)C)O[Si](C(C)C)(C(C)C)O[C@H]21. The molecule has 4 unspecified atom stereocenters. The number of fused-ring (bicyclic) bond motifs is 2. The Morgan fingerprint density at radius 2 is 1.46 bits per heavy atom. The summed E-state index contributed by atoms with van der Waals surface area (Å²) in [7, 11) is -6.03. The third kappa shape index (κ3) is 6.91. The van der Waals surface area contributed by atoms with Crippen LogP contribution in [-0.4, -0.2) is 93.4 Å². The van der Waals surface area contributed by atoms with Gasteiger partial charge in [-0.15, -0.1) is 0 Å². The Morgan fingerprint density at radius 3 is 2.04 bits per heavy atom. The van der Waals surface area contributed by atoms with Gasteiger partial charge < -0.3 is 0 Å². The molecule has 3 fully saturated rings. The molecule has 4 aliphatic heterocycles. The third-order valence-corrected chi connectivity index (χ3v) is 24.0. The van der Waals surface area contributed by atoms with Crippen LogP contribution < -0.4 is 9.94 Å². The molecule has 0 saturated carbocycles. The van der Waals surface area contributed by atoms with E-state index in [9.17, 15) is 0 Å². The first-order valence-electron chi connectivity index (χ1n) is 18.3. The van der Waals surface area contributed by atoms with Crippen LogP contribution in [0.3, 0.4) is 0 Å². The summed E-state index contributed by atoms with van der Waals surface area (Å²) < 4.78 is 37.5. The molecule has 272 valence electrons. The molecule has 0 radical (unpaired) electrons. The standard InChI is InChI=1S/C38H55N3O6SeSi2/c1-26(2)49(27(3)4)45-34-32-24-33(39-9)38(40-43-25-30-16-12-10-13-17-30,35(34)46-50(47-49,28(5)6)29(7)8)36(48-31-18-14-11-15-19-31)37(44-32)41-20-22-42-23-21-41/h10-19,24,26-29,32,34-37,40H,20-23,25H2,1-8H3/t32?,34-,35?,36?,37-,38?/m1/s1. The quantitative estimate of drug-likeness (QED) is 0.158. The van der Waals surface area contributed by atoms with Gasteiger partial charge in [0.25, 0.3) is 0 Å². The summed E-state index contributed by atoms with van der Waals surface area (Å²) in [4.78, 5) is 13.1. The maximum absolute atomic E-state index is 8.77. The van der Waals surface area contributed by atoms with Gasteiger partial charge in [-0.05, 0) is 0 Å². The van der Waals surface area contributed by atoms with Gasteiger partial charge in [-0.25, -0.2) is 0 Å². The van der Waals surface area contributed by atoms with Gasteiger partial charge in [0, 0.05) is 0 Å². The van der Waals surface area contributed by atoms with Gasteiger partial charge in [0.15, 0.2) is 0 Å². The summed E-state index contributed by atoms with van der Waals surface area (Å²) in [5.41, 5.74) is 4.75. The Hall–Kier alpha value is -1.70. The zero-order chi connectivity index (χ0) is 35.7. The summed E-state index contributed by atoms with van der Waals surface area (Å²) in [5, 5.41) is 0. The summed E-state index contributed by atoms with van der Waals surface area (Å²) in [6, 6.07) is 20.8. The Kier molecular flexibility index (Phi) is 12.0. The monoisotopic (exact) mass is 785 g/mol. The van der Waals surface area contributed by atoms with Crippen LogP contribution in [0, 0.1) is 6.57 Å². The van der Waals surface area contributed by atoms with Gasteiger partial charge in [0.05, 0.1) is 0 Å². The number of nitrogens with zero attached hydrogens (tertiary/aromatic N) is 2. The van der Waals surface area contributed by atoms with Crippen molar-refractivity contribution < 1.29 is 27.3 Å². The molecule has 5 aliphatic rings. The van der Waals surface area contributed by atoms with Crippen LogP contribution >= 0.6 is 0 Å². The number of ether oxygens (including phenoxy) is 2. The molecule has 7 rings (SSSR count). The average molecular weight is 785 g/mol. The first kappa shape index (κ1) is 38.0. The molecule has 9 nitrogen and oxygen atoms in total. The predicted octanol–water partition coefficient (Wildman–Crippen LogP) is 6.46. The Bertz CT molecular complexity index is 1490. The van der Waals surface area contributed by atoms with Crippen LogP contribution in [-0.2, 0) is 33.9 Å². The van der Waals surface area contributed by atoms with E-state index in [4.69, 9.17) is 33.9 Å². The van der Waals surface area contributed by atoms with Gasteiger partial charge >= 0.3 is 309 Å². The fourth-order valence-corrected chi connectivity index (χ4v) is 22.6. The minimum absolute atomic E-state index is 0.132. The maximum atomic E-state index is 8.77. The van der Waals surface area contributed by atoms with Gasteiger partial charge in [0.2, 0.25) is 0 Å². The number of nitrogens with one attached hydrogen (secondary N) is 1. The van der Waals surface area contributed by atoms with Crippen molar-refractivity contribution in [3.63, 3.8) is 0 Å². The average Bonchev–Trinajstić information content (AvgIpc) is 3.41. The van der Waals surface area contributed by atoms with Crippen LogP contribution in [0.5, 0.6) is 0 Å². The molecule has 0 aromatic heterocycles. The fraction of sp³-hybridized carbons (Fsp3) is 0.605. The van der Waals surface area contributed by atoms with Crippen LogP contribution in [0.15, 0.2) is 72.4 Å². The summed E-state index contributed by atoms with van der Waals surface area (Å²) in [6.07, 6.45) is 0.0777. The van der Waals surface area contributed by atoms with E-state index in [-0.39, 0.29) is 48.2 Å². The molecule has 3 saturated heterocycles. The number of morpholine rings is 1. The molecule has 2 aromatic rings. The van der Waals surface area contributed by atoms with Crippen LogP contribution in [0.4, 0.5) is 0 Å². The van der Waals surface area contributed by atoms with Crippen molar-refractivity contribution in [1.82, 2.24) is 10.4 Å². The van der Waals surface area contributed by atoms with Gasteiger partial charge in [-0.3, -0.25) is 0 Å². The second-order valence-electron chi connectivity index (χ2n) is 15.2. The zero-order valence-corrected chi connectivity index (χ0v) is 34.5. The summed E-state index contributed by atoms with van der Waals surface area (Å²) >= 11 is -0.179. The topological polar surface area (TPSA) is 75.0 Å². The summed E-state index contributed by atoms with van der Waals surface area (Å²) in [6.45, 7) is 29.8.